The van der Waals surface area contributed by atoms with Crippen LogP contribution in [-0.4, -0.2) is 13.2 Å². The number of aryl methyl sites for hydroxylation is 2. The smallest absolute Gasteiger partial charge is 0.336 e. The van der Waals surface area contributed by atoms with Crippen LogP contribution in [0.25, 0.3) is 11.0 Å². The SMILES string of the molecule is Cc1ccc(OCCOc2ccc3ccc(=O)oc3c2)cc1C. The molecular formula is C19H18O4. The zero-order valence-corrected chi connectivity index (χ0v) is 13.2. The van der Waals surface area contributed by atoms with Crippen LogP contribution in [0.15, 0.2) is 57.7 Å². The van der Waals surface area contributed by atoms with Crippen molar-refractivity contribution in [3.05, 3.63) is 70.1 Å². The molecule has 0 spiro atoms. The van der Waals surface area contributed by atoms with E-state index in [-0.39, 0.29) is 5.63 Å². The van der Waals surface area contributed by atoms with Crippen molar-refractivity contribution < 1.29 is 13.9 Å². The zero-order valence-electron chi connectivity index (χ0n) is 13.2. The minimum atomic E-state index is -0.368. The summed E-state index contributed by atoms with van der Waals surface area (Å²) in [6.45, 7) is 4.98. The van der Waals surface area contributed by atoms with Crippen LogP contribution in [0.2, 0.25) is 0 Å². The van der Waals surface area contributed by atoms with Gasteiger partial charge >= 0.3 is 5.63 Å². The van der Waals surface area contributed by atoms with E-state index in [0.29, 0.717) is 24.5 Å². The molecule has 0 amide bonds. The lowest BCUT2D eigenvalue weighted by Crippen LogP contribution is -2.09. The Labute approximate surface area is 134 Å². The summed E-state index contributed by atoms with van der Waals surface area (Å²) < 4.78 is 16.4. The van der Waals surface area contributed by atoms with E-state index in [9.17, 15) is 4.79 Å². The molecule has 0 bridgehead atoms. The quantitative estimate of drug-likeness (QED) is 0.530. The molecule has 3 rings (SSSR count). The highest BCUT2D eigenvalue weighted by atomic mass is 16.5. The molecule has 2 aromatic carbocycles. The lowest BCUT2D eigenvalue weighted by atomic mass is 10.1. The summed E-state index contributed by atoms with van der Waals surface area (Å²) in [6, 6.07) is 14.6. The lowest BCUT2D eigenvalue weighted by molar-refractivity contribution is 0.217. The van der Waals surface area contributed by atoms with E-state index in [4.69, 9.17) is 13.9 Å². The molecule has 0 N–H and O–H groups in total. The third kappa shape index (κ3) is 3.72. The number of fused-ring (bicyclic) bond motifs is 1. The van der Waals surface area contributed by atoms with Gasteiger partial charge in [-0.05, 0) is 55.3 Å². The van der Waals surface area contributed by atoms with E-state index in [2.05, 4.69) is 13.8 Å². The molecule has 3 aromatic rings. The van der Waals surface area contributed by atoms with Crippen LogP contribution in [0.1, 0.15) is 11.1 Å². The molecular weight excluding hydrogens is 292 g/mol. The molecule has 1 heterocycles. The van der Waals surface area contributed by atoms with Gasteiger partial charge in [0.2, 0.25) is 0 Å². The number of benzene rings is 2. The highest BCUT2D eigenvalue weighted by Crippen LogP contribution is 2.20. The first kappa shape index (κ1) is 15.2. The normalized spacial score (nSPS) is 10.7. The van der Waals surface area contributed by atoms with Crippen LogP contribution in [0.3, 0.4) is 0 Å². The van der Waals surface area contributed by atoms with E-state index < -0.39 is 0 Å². The van der Waals surface area contributed by atoms with Crippen molar-refractivity contribution in [3.63, 3.8) is 0 Å². The van der Waals surface area contributed by atoms with Crippen molar-refractivity contribution in [3.8, 4) is 11.5 Å². The molecule has 4 heteroatoms. The topological polar surface area (TPSA) is 48.7 Å². The van der Waals surface area contributed by atoms with Gasteiger partial charge in [-0.25, -0.2) is 4.79 Å². The van der Waals surface area contributed by atoms with Gasteiger partial charge in [-0.15, -0.1) is 0 Å². The Hall–Kier alpha value is -2.75. The zero-order chi connectivity index (χ0) is 16.2. The Morgan fingerprint density at radius 1 is 0.826 bits per heavy atom. The van der Waals surface area contributed by atoms with Crippen LogP contribution in [0, 0.1) is 13.8 Å². The second-order valence-corrected chi connectivity index (χ2v) is 5.40. The second kappa shape index (κ2) is 6.57. The summed E-state index contributed by atoms with van der Waals surface area (Å²) in [4.78, 5) is 11.2. The molecule has 0 saturated heterocycles. The van der Waals surface area contributed by atoms with Crippen molar-refractivity contribution in [1.29, 1.82) is 0 Å². The summed E-state index contributed by atoms with van der Waals surface area (Å²) in [6.07, 6.45) is 0. The van der Waals surface area contributed by atoms with Crippen LogP contribution in [-0.2, 0) is 0 Å². The molecule has 0 aliphatic carbocycles. The highest BCUT2D eigenvalue weighted by molar-refractivity contribution is 5.77. The highest BCUT2D eigenvalue weighted by Gasteiger charge is 2.01. The summed E-state index contributed by atoms with van der Waals surface area (Å²) in [7, 11) is 0. The van der Waals surface area contributed by atoms with E-state index in [1.807, 2.05) is 30.3 Å². The predicted octanol–water partition coefficient (Wildman–Crippen LogP) is 3.87. The van der Waals surface area contributed by atoms with E-state index in [0.717, 1.165) is 11.1 Å². The molecule has 0 radical (unpaired) electrons. The standard InChI is InChI=1S/C19H18O4/c1-13-3-6-16(11-14(13)2)21-9-10-22-17-7-4-15-5-8-19(20)23-18(15)12-17/h3-8,11-12H,9-10H2,1-2H3. The molecule has 0 aliphatic heterocycles. The minimum absolute atomic E-state index is 0.368. The largest absolute Gasteiger partial charge is 0.490 e. The van der Waals surface area contributed by atoms with Crippen LogP contribution in [0.4, 0.5) is 0 Å². The van der Waals surface area contributed by atoms with Gasteiger partial charge in [-0.3, -0.25) is 0 Å². The Kier molecular flexibility index (Phi) is 4.33. The average Bonchev–Trinajstić information content (AvgIpc) is 2.54. The predicted molar refractivity (Wildman–Crippen MR) is 89.4 cm³/mol. The number of ether oxygens (including phenoxy) is 2. The van der Waals surface area contributed by atoms with Crippen molar-refractivity contribution in [1.82, 2.24) is 0 Å². The fourth-order valence-corrected chi connectivity index (χ4v) is 2.25. The maximum atomic E-state index is 11.2. The average molecular weight is 310 g/mol. The van der Waals surface area contributed by atoms with Crippen LogP contribution >= 0.6 is 0 Å². The third-order valence-corrected chi connectivity index (χ3v) is 3.69. The van der Waals surface area contributed by atoms with Gasteiger partial charge in [0.05, 0.1) is 0 Å². The van der Waals surface area contributed by atoms with Crippen LogP contribution < -0.4 is 15.1 Å². The Morgan fingerprint density at radius 3 is 2.22 bits per heavy atom. The number of rotatable bonds is 5. The van der Waals surface area contributed by atoms with E-state index in [1.165, 1.54) is 17.2 Å². The van der Waals surface area contributed by atoms with Gasteiger partial charge in [0, 0.05) is 17.5 Å². The first-order valence-corrected chi connectivity index (χ1v) is 7.48. The fraction of sp³-hybridized carbons (Fsp3) is 0.211. The van der Waals surface area contributed by atoms with Gasteiger partial charge in [-0.2, -0.15) is 0 Å². The lowest BCUT2D eigenvalue weighted by Gasteiger charge is -2.10. The van der Waals surface area contributed by atoms with Gasteiger partial charge in [0.1, 0.15) is 30.3 Å². The van der Waals surface area contributed by atoms with Crippen LogP contribution in [0.5, 0.6) is 11.5 Å². The minimum Gasteiger partial charge on any atom is -0.490 e. The summed E-state index contributed by atoms with van der Waals surface area (Å²) >= 11 is 0. The molecule has 0 fully saturated rings. The molecule has 0 unspecified atom stereocenters. The fourth-order valence-electron chi connectivity index (χ4n) is 2.25. The molecule has 0 aliphatic rings. The number of hydrogen-bond donors (Lipinski definition) is 0. The number of hydrogen-bond acceptors (Lipinski definition) is 4. The maximum Gasteiger partial charge on any atom is 0.336 e. The third-order valence-electron chi connectivity index (χ3n) is 3.69. The van der Waals surface area contributed by atoms with Crippen molar-refractivity contribution in [2.75, 3.05) is 13.2 Å². The van der Waals surface area contributed by atoms with Crippen molar-refractivity contribution in [2.24, 2.45) is 0 Å². The molecule has 4 nitrogen and oxygen atoms in total. The Bertz CT molecular complexity index is 880. The van der Waals surface area contributed by atoms with Crippen molar-refractivity contribution in [2.45, 2.75) is 13.8 Å². The van der Waals surface area contributed by atoms with Crippen molar-refractivity contribution >= 4 is 11.0 Å². The summed E-state index contributed by atoms with van der Waals surface area (Å²) in [5.41, 5.74) is 2.59. The molecule has 0 atom stereocenters. The summed E-state index contributed by atoms with van der Waals surface area (Å²) in [5, 5.41) is 0.864. The summed E-state index contributed by atoms with van der Waals surface area (Å²) in [5.74, 6) is 1.48. The molecule has 118 valence electrons. The van der Waals surface area contributed by atoms with E-state index in [1.54, 1.807) is 12.1 Å². The maximum absolute atomic E-state index is 11.2. The van der Waals surface area contributed by atoms with Gasteiger partial charge in [0.25, 0.3) is 0 Å². The second-order valence-electron chi connectivity index (χ2n) is 5.40. The van der Waals surface area contributed by atoms with Gasteiger partial charge < -0.3 is 13.9 Å². The first-order chi connectivity index (χ1) is 11.1. The van der Waals surface area contributed by atoms with Gasteiger partial charge in [0.15, 0.2) is 0 Å². The monoisotopic (exact) mass is 310 g/mol. The molecule has 23 heavy (non-hydrogen) atoms. The molecule has 0 saturated carbocycles. The first-order valence-electron chi connectivity index (χ1n) is 7.48. The molecule has 1 aromatic heterocycles. The Balaban J connectivity index is 1.58. The van der Waals surface area contributed by atoms with Gasteiger partial charge in [-0.1, -0.05) is 6.07 Å². The Morgan fingerprint density at radius 2 is 1.48 bits per heavy atom. The van der Waals surface area contributed by atoms with E-state index >= 15 is 0 Å².